The first-order valence-electron chi connectivity index (χ1n) is 8.01. The smallest absolute Gasteiger partial charge is 0.267 e. The van der Waals surface area contributed by atoms with E-state index in [2.05, 4.69) is 25.5 Å². The van der Waals surface area contributed by atoms with E-state index in [-0.39, 0.29) is 5.57 Å². The highest BCUT2D eigenvalue weighted by Crippen LogP contribution is 2.07. The van der Waals surface area contributed by atoms with Gasteiger partial charge in [-0.1, -0.05) is 18.2 Å². The minimum atomic E-state index is -0.646. The molecule has 1 N–H and O–H groups in total. The number of amides is 1. The number of hydrogen-bond acceptors (Lipinski definition) is 6. The van der Waals surface area contributed by atoms with Gasteiger partial charge in [-0.2, -0.15) is 10.4 Å². The van der Waals surface area contributed by atoms with Crippen LogP contribution in [0.3, 0.4) is 0 Å². The molecule has 1 amide bonds. The van der Waals surface area contributed by atoms with E-state index in [0.717, 1.165) is 0 Å². The fraction of sp³-hybridized carbons (Fsp3) is 0. The summed E-state index contributed by atoms with van der Waals surface area (Å²) in [6.07, 6.45) is 6.22. The standard InChI is InChI=1S/C20H14N6O/c21-14-15(13-16-7-1-4-10-22-16)20(27)26-25-19(17-8-2-5-11-23-17)18-9-3-6-12-24-18/h1-13H,(H,26,27)/b15-13+. The summed E-state index contributed by atoms with van der Waals surface area (Å²) in [5.74, 6) is -0.646. The molecule has 130 valence electrons. The van der Waals surface area contributed by atoms with E-state index in [9.17, 15) is 10.1 Å². The Hall–Kier alpha value is -4.18. The van der Waals surface area contributed by atoms with Crippen LogP contribution >= 0.6 is 0 Å². The number of hydrazone groups is 1. The van der Waals surface area contributed by atoms with Crippen LogP contribution in [0.4, 0.5) is 0 Å². The first kappa shape index (κ1) is 17.6. The van der Waals surface area contributed by atoms with Crippen LogP contribution in [-0.4, -0.2) is 26.6 Å². The van der Waals surface area contributed by atoms with Gasteiger partial charge in [0.1, 0.15) is 17.4 Å². The number of nitrogens with one attached hydrogen (secondary N) is 1. The zero-order chi connectivity index (χ0) is 18.9. The van der Waals surface area contributed by atoms with Crippen LogP contribution in [0.15, 0.2) is 83.9 Å². The maximum atomic E-state index is 12.4. The van der Waals surface area contributed by atoms with Gasteiger partial charge in [0.05, 0.1) is 17.1 Å². The molecule has 3 heterocycles. The lowest BCUT2D eigenvalue weighted by Crippen LogP contribution is -2.22. The van der Waals surface area contributed by atoms with Gasteiger partial charge in [-0.25, -0.2) is 5.43 Å². The summed E-state index contributed by atoms with van der Waals surface area (Å²) in [7, 11) is 0. The molecule has 3 aromatic rings. The zero-order valence-electron chi connectivity index (χ0n) is 14.1. The third kappa shape index (κ3) is 4.67. The predicted molar refractivity (Wildman–Crippen MR) is 100 cm³/mol. The lowest BCUT2D eigenvalue weighted by atomic mass is 10.1. The number of pyridine rings is 3. The van der Waals surface area contributed by atoms with Gasteiger partial charge in [0.2, 0.25) is 0 Å². The van der Waals surface area contributed by atoms with Crippen molar-refractivity contribution in [1.82, 2.24) is 20.4 Å². The topological polar surface area (TPSA) is 104 Å². The molecule has 0 radical (unpaired) electrons. The van der Waals surface area contributed by atoms with Crippen molar-refractivity contribution in [2.45, 2.75) is 0 Å². The van der Waals surface area contributed by atoms with Crippen LogP contribution < -0.4 is 5.43 Å². The van der Waals surface area contributed by atoms with Crippen LogP contribution in [0.1, 0.15) is 17.1 Å². The summed E-state index contributed by atoms with van der Waals surface area (Å²) >= 11 is 0. The van der Waals surface area contributed by atoms with Crippen molar-refractivity contribution in [3.8, 4) is 6.07 Å². The van der Waals surface area contributed by atoms with E-state index in [4.69, 9.17) is 0 Å². The summed E-state index contributed by atoms with van der Waals surface area (Å²) in [6.45, 7) is 0. The van der Waals surface area contributed by atoms with Crippen molar-refractivity contribution in [3.05, 3.63) is 95.8 Å². The molecule has 7 heteroatoms. The van der Waals surface area contributed by atoms with E-state index in [1.807, 2.05) is 18.2 Å². The largest absolute Gasteiger partial charge is 0.282 e. The highest BCUT2D eigenvalue weighted by molar-refractivity contribution is 6.11. The number of nitrogens with zero attached hydrogens (tertiary/aromatic N) is 5. The van der Waals surface area contributed by atoms with Crippen LogP contribution in [0, 0.1) is 11.3 Å². The Morgan fingerprint density at radius 3 is 2.00 bits per heavy atom. The van der Waals surface area contributed by atoms with Gasteiger partial charge in [0, 0.05) is 18.6 Å². The Morgan fingerprint density at radius 1 is 0.926 bits per heavy atom. The summed E-state index contributed by atoms with van der Waals surface area (Å²) < 4.78 is 0. The summed E-state index contributed by atoms with van der Waals surface area (Å²) in [5, 5.41) is 13.4. The maximum absolute atomic E-state index is 12.4. The van der Waals surface area contributed by atoms with Crippen molar-refractivity contribution in [1.29, 1.82) is 5.26 Å². The Kier molecular flexibility index (Phi) is 5.74. The molecule has 7 nitrogen and oxygen atoms in total. The lowest BCUT2D eigenvalue weighted by molar-refractivity contribution is -0.117. The van der Waals surface area contributed by atoms with Gasteiger partial charge in [-0.15, -0.1) is 0 Å². The fourth-order valence-electron chi connectivity index (χ4n) is 2.18. The van der Waals surface area contributed by atoms with Crippen molar-refractivity contribution in [3.63, 3.8) is 0 Å². The molecule has 0 atom stereocenters. The molecule has 0 saturated carbocycles. The molecule has 0 unspecified atom stereocenters. The molecule has 0 aliphatic carbocycles. The molecule has 0 saturated heterocycles. The molecule has 0 bridgehead atoms. The molecule has 3 rings (SSSR count). The average molecular weight is 354 g/mol. The van der Waals surface area contributed by atoms with Gasteiger partial charge >= 0.3 is 0 Å². The summed E-state index contributed by atoms with van der Waals surface area (Å²) in [5.41, 5.74) is 4.27. The van der Waals surface area contributed by atoms with Gasteiger partial charge < -0.3 is 0 Å². The summed E-state index contributed by atoms with van der Waals surface area (Å²) in [6, 6.07) is 17.8. The fourth-order valence-corrected chi connectivity index (χ4v) is 2.18. The maximum Gasteiger partial charge on any atom is 0.282 e. The first-order valence-corrected chi connectivity index (χ1v) is 8.01. The van der Waals surface area contributed by atoms with Crippen molar-refractivity contribution in [2.24, 2.45) is 5.10 Å². The molecule has 0 spiro atoms. The van der Waals surface area contributed by atoms with Crippen LogP contribution in [0.25, 0.3) is 6.08 Å². The molecular weight excluding hydrogens is 340 g/mol. The first-order chi connectivity index (χ1) is 13.3. The number of carbonyl (C=O) groups excluding carboxylic acids is 1. The van der Waals surface area contributed by atoms with E-state index in [1.165, 1.54) is 6.08 Å². The Balaban J connectivity index is 1.89. The van der Waals surface area contributed by atoms with Gasteiger partial charge in [-0.05, 0) is 42.5 Å². The Morgan fingerprint density at radius 2 is 1.52 bits per heavy atom. The van der Waals surface area contributed by atoms with E-state index in [0.29, 0.717) is 22.8 Å². The normalized spacial score (nSPS) is 10.6. The molecular formula is C20H14N6O. The monoisotopic (exact) mass is 354 g/mol. The third-order valence-corrected chi connectivity index (χ3v) is 3.43. The van der Waals surface area contributed by atoms with Crippen molar-refractivity contribution in [2.75, 3.05) is 0 Å². The van der Waals surface area contributed by atoms with Gasteiger partial charge in [0.15, 0.2) is 0 Å². The van der Waals surface area contributed by atoms with Gasteiger partial charge in [0.25, 0.3) is 5.91 Å². The SMILES string of the molecule is N#C/C(=C\c1ccccn1)C(=O)NN=C(c1ccccn1)c1ccccn1. The lowest BCUT2D eigenvalue weighted by Gasteiger charge is -2.06. The minimum Gasteiger partial charge on any atom is -0.267 e. The quantitative estimate of drug-likeness (QED) is 0.328. The molecule has 0 aromatic carbocycles. The zero-order valence-corrected chi connectivity index (χ0v) is 14.1. The van der Waals surface area contributed by atoms with Crippen molar-refractivity contribution >= 4 is 17.7 Å². The Labute approximate surface area is 155 Å². The number of carbonyl (C=O) groups is 1. The number of hydrogen-bond donors (Lipinski definition) is 1. The number of nitriles is 1. The van der Waals surface area contributed by atoms with E-state index >= 15 is 0 Å². The molecule has 0 aliphatic heterocycles. The Bertz CT molecular complexity index is 967. The molecule has 3 aromatic heterocycles. The van der Waals surface area contributed by atoms with E-state index in [1.54, 1.807) is 61.1 Å². The van der Waals surface area contributed by atoms with E-state index < -0.39 is 5.91 Å². The third-order valence-electron chi connectivity index (χ3n) is 3.43. The second-order valence-electron chi connectivity index (χ2n) is 5.26. The summed E-state index contributed by atoms with van der Waals surface area (Å²) in [4.78, 5) is 25.0. The second kappa shape index (κ2) is 8.78. The van der Waals surface area contributed by atoms with Crippen molar-refractivity contribution < 1.29 is 4.79 Å². The number of rotatable bonds is 5. The van der Waals surface area contributed by atoms with Gasteiger partial charge in [-0.3, -0.25) is 19.7 Å². The molecule has 27 heavy (non-hydrogen) atoms. The molecule has 0 aliphatic rings. The molecule has 0 fully saturated rings. The van der Waals surface area contributed by atoms with Crippen LogP contribution in [-0.2, 0) is 4.79 Å². The van der Waals surface area contributed by atoms with Crippen LogP contribution in [0.5, 0.6) is 0 Å². The second-order valence-corrected chi connectivity index (χ2v) is 5.26. The highest BCUT2D eigenvalue weighted by Gasteiger charge is 2.13. The van der Waals surface area contributed by atoms with Crippen LogP contribution in [0.2, 0.25) is 0 Å². The average Bonchev–Trinajstić information content (AvgIpc) is 2.74. The number of aromatic nitrogens is 3. The highest BCUT2D eigenvalue weighted by atomic mass is 16.2. The predicted octanol–water partition coefficient (Wildman–Crippen LogP) is 2.35. The minimum absolute atomic E-state index is 0.112.